The number of aromatic nitrogens is 2. The smallest absolute Gasteiger partial charge is 0.267 e. The fourth-order valence-corrected chi connectivity index (χ4v) is 2.61. The number of nitrogens with one attached hydrogen (secondary N) is 1. The second kappa shape index (κ2) is 5.62. The van der Waals surface area contributed by atoms with Crippen molar-refractivity contribution in [1.29, 1.82) is 0 Å². The fourth-order valence-electron chi connectivity index (χ4n) is 1.72. The predicted octanol–water partition coefficient (Wildman–Crippen LogP) is 2.88. The van der Waals surface area contributed by atoms with Gasteiger partial charge in [0.1, 0.15) is 10.6 Å². The minimum absolute atomic E-state index is 0.160. The lowest BCUT2D eigenvalue weighted by Gasteiger charge is -2.06. The highest BCUT2D eigenvalue weighted by molar-refractivity contribution is 7.17. The first-order valence-electron chi connectivity index (χ1n) is 6.30. The van der Waals surface area contributed by atoms with Crippen molar-refractivity contribution in [2.24, 2.45) is 0 Å². The van der Waals surface area contributed by atoms with Crippen LogP contribution in [-0.2, 0) is 0 Å². The van der Waals surface area contributed by atoms with Gasteiger partial charge in [-0.05, 0) is 6.92 Å². The lowest BCUT2D eigenvalue weighted by Crippen LogP contribution is -2.12. The molecule has 108 valence electrons. The average Bonchev–Trinajstić information content (AvgIpc) is 2.95. The number of anilines is 2. The van der Waals surface area contributed by atoms with Crippen molar-refractivity contribution in [3.8, 4) is 0 Å². The molecule has 2 rings (SSSR count). The van der Waals surface area contributed by atoms with Crippen molar-refractivity contribution in [3.05, 3.63) is 22.5 Å². The number of hydrogen-bond donors (Lipinski definition) is 1. The maximum Gasteiger partial charge on any atom is 0.267 e. The van der Waals surface area contributed by atoms with Crippen molar-refractivity contribution in [2.45, 2.75) is 26.7 Å². The molecular formula is C13H18N4O2S. The molecule has 0 spiro atoms. The first-order valence-corrected chi connectivity index (χ1v) is 7.12. The van der Waals surface area contributed by atoms with Crippen LogP contribution in [0.5, 0.6) is 0 Å². The molecule has 0 radical (unpaired) electrons. The second-order valence-corrected chi connectivity index (χ2v) is 6.00. The number of rotatable bonds is 4. The van der Waals surface area contributed by atoms with Crippen molar-refractivity contribution in [3.63, 3.8) is 0 Å². The molecule has 0 saturated heterocycles. The first-order chi connectivity index (χ1) is 9.40. The van der Waals surface area contributed by atoms with Gasteiger partial charge in [-0.3, -0.25) is 4.79 Å². The number of carbonyl (C=O) groups is 1. The van der Waals surface area contributed by atoms with E-state index in [1.807, 2.05) is 39.8 Å². The van der Waals surface area contributed by atoms with Crippen LogP contribution >= 0.6 is 11.3 Å². The largest absolute Gasteiger partial charge is 0.359 e. The zero-order chi connectivity index (χ0) is 14.9. The van der Waals surface area contributed by atoms with Crippen LogP contribution in [0.4, 0.5) is 10.8 Å². The van der Waals surface area contributed by atoms with E-state index in [4.69, 9.17) is 4.52 Å². The molecule has 0 atom stereocenters. The molecule has 6 nitrogen and oxygen atoms in total. The quantitative estimate of drug-likeness (QED) is 0.938. The molecule has 0 bridgehead atoms. The van der Waals surface area contributed by atoms with Crippen LogP contribution in [0.2, 0.25) is 0 Å². The van der Waals surface area contributed by atoms with Gasteiger partial charge in [-0.25, -0.2) is 4.98 Å². The number of aryl methyl sites for hydroxylation is 1. The molecule has 2 aromatic rings. The van der Waals surface area contributed by atoms with E-state index in [0.717, 1.165) is 10.8 Å². The Kier molecular flexibility index (Phi) is 4.08. The summed E-state index contributed by atoms with van der Waals surface area (Å²) in [6.07, 6.45) is 1.52. The molecule has 0 aliphatic carbocycles. The Morgan fingerprint density at radius 2 is 2.15 bits per heavy atom. The Morgan fingerprint density at radius 1 is 1.45 bits per heavy atom. The molecule has 1 N–H and O–H groups in total. The maximum absolute atomic E-state index is 12.3. The van der Waals surface area contributed by atoms with Gasteiger partial charge < -0.3 is 14.7 Å². The van der Waals surface area contributed by atoms with Crippen molar-refractivity contribution in [2.75, 3.05) is 24.3 Å². The van der Waals surface area contributed by atoms with E-state index in [1.165, 1.54) is 17.5 Å². The minimum Gasteiger partial charge on any atom is -0.359 e. The molecular weight excluding hydrogens is 276 g/mol. The Bertz CT molecular complexity index is 616. The van der Waals surface area contributed by atoms with Gasteiger partial charge in [0.05, 0.1) is 11.9 Å². The molecule has 7 heteroatoms. The number of amides is 1. The van der Waals surface area contributed by atoms with Gasteiger partial charge in [-0.15, -0.1) is 0 Å². The predicted molar refractivity (Wildman–Crippen MR) is 79.7 cm³/mol. The van der Waals surface area contributed by atoms with E-state index < -0.39 is 0 Å². The summed E-state index contributed by atoms with van der Waals surface area (Å²) in [7, 11) is 3.80. The Labute approximate surface area is 121 Å². The van der Waals surface area contributed by atoms with Crippen LogP contribution < -0.4 is 10.2 Å². The summed E-state index contributed by atoms with van der Waals surface area (Å²) >= 11 is 1.36. The zero-order valence-corrected chi connectivity index (χ0v) is 13.0. The van der Waals surface area contributed by atoms with E-state index >= 15 is 0 Å². The van der Waals surface area contributed by atoms with Gasteiger partial charge in [-0.1, -0.05) is 30.3 Å². The number of nitrogens with zero attached hydrogens (tertiary/aromatic N) is 3. The van der Waals surface area contributed by atoms with Gasteiger partial charge in [0, 0.05) is 20.0 Å². The number of thiazole rings is 1. The summed E-state index contributed by atoms with van der Waals surface area (Å²) in [6, 6.07) is 0. The molecule has 0 aliphatic rings. The van der Waals surface area contributed by atoms with Crippen LogP contribution in [0.15, 0.2) is 10.7 Å². The summed E-state index contributed by atoms with van der Waals surface area (Å²) in [4.78, 5) is 19.2. The van der Waals surface area contributed by atoms with Gasteiger partial charge in [0.2, 0.25) is 0 Å². The van der Waals surface area contributed by atoms with Crippen molar-refractivity contribution < 1.29 is 9.32 Å². The highest BCUT2D eigenvalue weighted by Crippen LogP contribution is 2.27. The minimum atomic E-state index is -0.182. The summed E-state index contributed by atoms with van der Waals surface area (Å²) in [5.74, 6) is 0.652. The fraction of sp³-hybridized carbons (Fsp3) is 0.462. The number of carbonyl (C=O) groups excluding carboxylic acids is 1. The summed E-state index contributed by atoms with van der Waals surface area (Å²) in [5, 5.41) is 7.38. The average molecular weight is 294 g/mol. The standard InChI is InChI=1S/C13H18N4O2S/c1-7(2)10-9(6-14-19-10)16-12(18)11-8(3)15-13(20-11)17(4)5/h6-7H,1-5H3,(H,16,18). The van der Waals surface area contributed by atoms with E-state index in [9.17, 15) is 4.79 Å². The molecule has 0 unspecified atom stereocenters. The van der Waals surface area contributed by atoms with E-state index in [-0.39, 0.29) is 11.8 Å². The zero-order valence-electron chi connectivity index (χ0n) is 12.2. The third kappa shape index (κ3) is 2.82. The second-order valence-electron chi connectivity index (χ2n) is 5.02. The lowest BCUT2D eigenvalue weighted by molar-refractivity contribution is 0.102. The Hall–Kier alpha value is -1.89. The van der Waals surface area contributed by atoms with Crippen LogP contribution in [-0.4, -0.2) is 30.1 Å². The normalized spacial score (nSPS) is 10.9. The van der Waals surface area contributed by atoms with Gasteiger partial charge in [0.25, 0.3) is 5.91 Å². The van der Waals surface area contributed by atoms with Gasteiger partial charge in [0.15, 0.2) is 10.9 Å². The third-order valence-electron chi connectivity index (χ3n) is 2.75. The molecule has 2 heterocycles. The number of hydrogen-bond acceptors (Lipinski definition) is 6. The maximum atomic E-state index is 12.3. The highest BCUT2D eigenvalue weighted by Gasteiger charge is 2.19. The molecule has 20 heavy (non-hydrogen) atoms. The van der Waals surface area contributed by atoms with Crippen LogP contribution in [0.3, 0.4) is 0 Å². The first kappa shape index (κ1) is 14.5. The molecule has 2 aromatic heterocycles. The summed E-state index contributed by atoms with van der Waals surface area (Å²) in [6.45, 7) is 5.80. The molecule has 0 fully saturated rings. The Morgan fingerprint density at radius 3 is 2.70 bits per heavy atom. The monoisotopic (exact) mass is 294 g/mol. The third-order valence-corrected chi connectivity index (χ3v) is 4.07. The molecule has 0 aromatic carbocycles. The van der Waals surface area contributed by atoms with Crippen molar-refractivity contribution >= 4 is 28.1 Å². The molecule has 1 amide bonds. The highest BCUT2D eigenvalue weighted by atomic mass is 32.1. The van der Waals surface area contributed by atoms with Crippen LogP contribution in [0.25, 0.3) is 0 Å². The summed E-state index contributed by atoms with van der Waals surface area (Å²) in [5.41, 5.74) is 1.34. The van der Waals surface area contributed by atoms with Gasteiger partial charge >= 0.3 is 0 Å². The van der Waals surface area contributed by atoms with E-state index in [1.54, 1.807) is 0 Å². The van der Waals surface area contributed by atoms with Crippen LogP contribution in [0, 0.1) is 6.92 Å². The lowest BCUT2D eigenvalue weighted by atomic mass is 10.1. The van der Waals surface area contributed by atoms with E-state index in [2.05, 4.69) is 15.5 Å². The Balaban J connectivity index is 2.22. The van der Waals surface area contributed by atoms with E-state index in [0.29, 0.717) is 16.3 Å². The van der Waals surface area contributed by atoms with Crippen LogP contribution in [0.1, 0.15) is 40.9 Å². The van der Waals surface area contributed by atoms with Crippen molar-refractivity contribution in [1.82, 2.24) is 10.1 Å². The molecule has 0 aliphatic heterocycles. The SMILES string of the molecule is Cc1nc(N(C)C)sc1C(=O)Nc1cnoc1C(C)C. The molecule has 0 saturated carbocycles. The topological polar surface area (TPSA) is 71.3 Å². The van der Waals surface area contributed by atoms with Gasteiger partial charge in [-0.2, -0.15) is 0 Å². The summed E-state index contributed by atoms with van der Waals surface area (Å²) < 4.78 is 5.15.